The molecule has 144 valence electrons. The topological polar surface area (TPSA) is 18.5 Å². The molecular weight excluding hydrogens is 312 g/mol. The van der Waals surface area contributed by atoms with Crippen molar-refractivity contribution in [3.8, 4) is 0 Å². The highest BCUT2D eigenvalue weighted by Crippen LogP contribution is 2.45. The Bertz CT molecular complexity index is 347. The predicted octanol–water partition coefficient (Wildman–Crippen LogP) is 6.93. The molecule has 0 radical (unpaired) electrons. The summed E-state index contributed by atoms with van der Waals surface area (Å²) in [6.45, 7) is 20.3. The van der Waals surface area contributed by atoms with Crippen LogP contribution in [0.2, 0.25) is 11.6 Å². The van der Waals surface area contributed by atoms with Crippen LogP contribution in [0.5, 0.6) is 0 Å². The van der Waals surface area contributed by atoms with E-state index in [2.05, 4.69) is 55.4 Å². The molecule has 3 heteroatoms. The third kappa shape index (κ3) is 7.17. The van der Waals surface area contributed by atoms with E-state index in [1.807, 2.05) is 0 Å². The van der Waals surface area contributed by atoms with Crippen LogP contribution in [0.4, 0.5) is 0 Å². The van der Waals surface area contributed by atoms with Gasteiger partial charge in [0.1, 0.15) is 0 Å². The van der Waals surface area contributed by atoms with Crippen LogP contribution in [0, 0.1) is 16.7 Å². The smallest absolute Gasteiger partial charge is 0.341 e. The van der Waals surface area contributed by atoms with E-state index in [1.165, 1.54) is 44.6 Å². The molecule has 24 heavy (non-hydrogen) atoms. The Labute approximate surface area is 153 Å². The summed E-state index contributed by atoms with van der Waals surface area (Å²) >= 11 is 0. The van der Waals surface area contributed by atoms with Gasteiger partial charge in [0.05, 0.1) is 0 Å². The Kier molecular flexibility index (Phi) is 8.49. The summed E-state index contributed by atoms with van der Waals surface area (Å²) in [4.78, 5) is 0. The lowest BCUT2D eigenvalue weighted by Crippen LogP contribution is -2.48. The normalized spacial score (nSPS) is 19.0. The summed E-state index contributed by atoms with van der Waals surface area (Å²) in [5.74, 6) is 0.674. The lowest BCUT2D eigenvalue weighted by atomic mass is 9.72. The van der Waals surface area contributed by atoms with Crippen molar-refractivity contribution in [1.29, 1.82) is 0 Å². The third-order valence-corrected chi connectivity index (χ3v) is 9.94. The molecule has 1 unspecified atom stereocenters. The molecule has 1 atom stereocenters. The molecule has 0 bridgehead atoms. The SMILES string of the molecule is CCO[Si](CC(C)CC(C)(C)CC(C)(C)C)(OCC)C1CCCC1. The van der Waals surface area contributed by atoms with Crippen molar-refractivity contribution in [3.63, 3.8) is 0 Å². The summed E-state index contributed by atoms with van der Waals surface area (Å²) < 4.78 is 12.9. The Morgan fingerprint density at radius 3 is 1.88 bits per heavy atom. The van der Waals surface area contributed by atoms with Crippen LogP contribution in [0.3, 0.4) is 0 Å². The Hall–Kier alpha value is 0.137. The third-order valence-electron chi connectivity index (χ3n) is 5.30. The molecule has 1 rings (SSSR count). The molecule has 0 aromatic carbocycles. The molecule has 0 aliphatic heterocycles. The molecule has 0 aromatic rings. The summed E-state index contributed by atoms with van der Waals surface area (Å²) in [7, 11) is -2.08. The Morgan fingerprint density at radius 2 is 1.46 bits per heavy atom. The molecule has 0 aromatic heterocycles. The molecule has 0 saturated heterocycles. The first-order chi connectivity index (χ1) is 11.0. The summed E-state index contributed by atoms with van der Waals surface area (Å²) in [5.41, 5.74) is 1.49. The maximum atomic E-state index is 6.46. The fourth-order valence-corrected chi connectivity index (χ4v) is 9.93. The van der Waals surface area contributed by atoms with Gasteiger partial charge in [-0.3, -0.25) is 0 Å². The Balaban J connectivity index is 2.80. The van der Waals surface area contributed by atoms with E-state index in [0.717, 1.165) is 13.2 Å². The zero-order chi connectivity index (χ0) is 18.4. The number of hydrogen-bond donors (Lipinski definition) is 0. The van der Waals surface area contributed by atoms with Crippen molar-refractivity contribution in [2.75, 3.05) is 13.2 Å². The van der Waals surface area contributed by atoms with E-state index in [4.69, 9.17) is 8.85 Å². The van der Waals surface area contributed by atoms with Crippen LogP contribution >= 0.6 is 0 Å². The second-order valence-corrected chi connectivity index (χ2v) is 13.5. The van der Waals surface area contributed by atoms with E-state index >= 15 is 0 Å². The highest BCUT2D eigenvalue weighted by Gasteiger charge is 2.47. The van der Waals surface area contributed by atoms with Gasteiger partial charge in [-0.25, -0.2) is 0 Å². The zero-order valence-electron chi connectivity index (χ0n) is 17.8. The zero-order valence-corrected chi connectivity index (χ0v) is 18.8. The highest BCUT2D eigenvalue weighted by molar-refractivity contribution is 6.69. The monoisotopic (exact) mass is 356 g/mol. The summed E-state index contributed by atoms with van der Waals surface area (Å²) in [6, 6.07) is 1.17. The van der Waals surface area contributed by atoms with Crippen molar-refractivity contribution >= 4 is 8.56 Å². The molecule has 2 nitrogen and oxygen atoms in total. The molecule has 0 N–H and O–H groups in total. The molecule has 1 aliphatic rings. The quantitative estimate of drug-likeness (QED) is 0.395. The van der Waals surface area contributed by atoms with Crippen LogP contribution in [0.25, 0.3) is 0 Å². The lowest BCUT2D eigenvalue weighted by molar-refractivity contribution is 0.150. The summed E-state index contributed by atoms with van der Waals surface area (Å²) in [5, 5.41) is 0. The molecule has 0 amide bonds. The molecule has 1 saturated carbocycles. The van der Waals surface area contributed by atoms with Gasteiger partial charge in [-0.2, -0.15) is 0 Å². The van der Waals surface area contributed by atoms with Gasteiger partial charge in [0.2, 0.25) is 0 Å². The molecule has 1 aliphatic carbocycles. The standard InChI is InChI=1S/C21H44O2Si/c1-9-22-24(23-10-2,19-13-11-12-14-19)16-18(3)15-21(7,8)17-20(4,5)6/h18-19H,9-17H2,1-8H3. The summed E-state index contributed by atoms with van der Waals surface area (Å²) in [6.07, 6.45) is 7.92. The first-order valence-corrected chi connectivity index (χ1v) is 12.4. The Morgan fingerprint density at radius 1 is 0.958 bits per heavy atom. The van der Waals surface area contributed by atoms with Crippen molar-refractivity contribution in [1.82, 2.24) is 0 Å². The highest BCUT2D eigenvalue weighted by atomic mass is 28.4. The number of hydrogen-bond acceptors (Lipinski definition) is 2. The van der Waals surface area contributed by atoms with Gasteiger partial charge in [-0.05, 0) is 62.3 Å². The van der Waals surface area contributed by atoms with Crippen molar-refractivity contribution in [3.05, 3.63) is 0 Å². The molecule has 0 heterocycles. The predicted molar refractivity (Wildman–Crippen MR) is 108 cm³/mol. The second kappa shape index (κ2) is 9.18. The van der Waals surface area contributed by atoms with Crippen LogP contribution in [0.15, 0.2) is 0 Å². The fraction of sp³-hybridized carbons (Fsp3) is 1.00. The molecule has 1 fully saturated rings. The van der Waals surface area contributed by atoms with Gasteiger partial charge < -0.3 is 8.85 Å². The lowest BCUT2D eigenvalue weighted by Gasteiger charge is -2.40. The maximum Gasteiger partial charge on any atom is 0.341 e. The van der Waals surface area contributed by atoms with Crippen molar-refractivity contribution in [2.45, 2.75) is 106 Å². The van der Waals surface area contributed by atoms with E-state index in [9.17, 15) is 0 Å². The first-order valence-electron chi connectivity index (χ1n) is 10.3. The van der Waals surface area contributed by atoms with E-state index < -0.39 is 8.56 Å². The van der Waals surface area contributed by atoms with Crippen molar-refractivity contribution < 1.29 is 8.85 Å². The fourth-order valence-electron chi connectivity index (χ4n) is 5.43. The van der Waals surface area contributed by atoms with Crippen LogP contribution in [-0.2, 0) is 8.85 Å². The largest absolute Gasteiger partial charge is 0.394 e. The average Bonchev–Trinajstić information content (AvgIpc) is 2.89. The van der Waals surface area contributed by atoms with Crippen LogP contribution in [0.1, 0.15) is 93.9 Å². The van der Waals surface area contributed by atoms with E-state index in [0.29, 0.717) is 22.3 Å². The number of rotatable bonds is 10. The minimum atomic E-state index is -2.08. The van der Waals surface area contributed by atoms with Gasteiger partial charge >= 0.3 is 8.56 Å². The first kappa shape index (κ1) is 22.2. The minimum absolute atomic E-state index is 0.381. The van der Waals surface area contributed by atoms with Crippen molar-refractivity contribution in [2.24, 2.45) is 16.7 Å². The average molecular weight is 357 g/mol. The van der Waals surface area contributed by atoms with Gasteiger partial charge in [-0.15, -0.1) is 0 Å². The van der Waals surface area contributed by atoms with Crippen LogP contribution in [-0.4, -0.2) is 21.8 Å². The molecule has 0 spiro atoms. The van der Waals surface area contributed by atoms with E-state index in [-0.39, 0.29) is 0 Å². The van der Waals surface area contributed by atoms with Gasteiger partial charge in [-0.1, -0.05) is 54.4 Å². The van der Waals surface area contributed by atoms with E-state index in [1.54, 1.807) is 0 Å². The van der Waals surface area contributed by atoms with Gasteiger partial charge in [0, 0.05) is 18.8 Å². The van der Waals surface area contributed by atoms with Gasteiger partial charge in [0.15, 0.2) is 0 Å². The second-order valence-electron chi connectivity index (χ2n) is 10.1. The molecular formula is C21H44O2Si. The van der Waals surface area contributed by atoms with Gasteiger partial charge in [0.25, 0.3) is 0 Å². The maximum absolute atomic E-state index is 6.46. The van der Waals surface area contributed by atoms with Crippen LogP contribution < -0.4 is 0 Å². The minimum Gasteiger partial charge on any atom is -0.394 e.